The van der Waals surface area contributed by atoms with E-state index in [1.807, 2.05) is 51.2 Å². The molecule has 2 rings (SSSR count). The third-order valence-corrected chi connectivity index (χ3v) is 4.54. The zero-order valence-electron chi connectivity index (χ0n) is 11.7. The first kappa shape index (κ1) is 14.9. The van der Waals surface area contributed by atoms with Crippen LogP contribution in [-0.2, 0) is 0 Å². The fraction of sp³-hybridized carbons (Fsp3) is 0.267. The molecule has 1 aromatic heterocycles. The highest BCUT2D eigenvalue weighted by Gasteiger charge is 2.14. The van der Waals surface area contributed by atoms with Gasteiger partial charge in [-0.25, -0.2) is 0 Å². The Morgan fingerprint density at radius 1 is 1.30 bits per heavy atom. The Morgan fingerprint density at radius 3 is 2.60 bits per heavy atom. The molecule has 3 nitrogen and oxygen atoms in total. The van der Waals surface area contributed by atoms with Gasteiger partial charge in [0.05, 0.1) is 10.4 Å². The second-order valence-electron chi connectivity index (χ2n) is 4.62. The molecule has 1 amide bonds. The minimum Gasteiger partial charge on any atom is -0.388 e. The van der Waals surface area contributed by atoms with Crippen LogP contribution in [0.3, 0.4) is 0 Å². The summed E-state index contributed by atoms with van der Waals surface area (Å²) < 4.78 is 0.732. The molecular weight excluding hydrogens is 292 g/mol. The van der Waals surface area contributed by atoms with Crippen molar-refractivity contribution in [2.24, 2.45) is 0 Å². The molecule has 106 valence electrons. The Kier molecular flexibility index (Phi) is 4.68. The van der Waals surface area contributed by atoms with E-state index in [0.717, 1.165) is 20.5 Å². The van der Waals surface area contributed by atoms with E-state index in [4.69, 9.17) is 11.6 Å². The molecular formula is C15H17ClN2OS. The lowest BCUT2D eigenvalue weighted by Crippen LogP contribution is -2.26. The molecule has 0 fully saturated rings. The molecule has 0 saturated heterocycles. The van der Waals surface area contributed by atoms with Crippen molar-refractivity contribution < 1.29 is 4.79 Å². The lowest BCUT2D eigenvalue weighted by molar-refractivity contribution is 0.0940. The molecule has 0 aliphatic carbocycles. The molecule has 2 aromatic rings. The first-order chi connectivity index (χ1) is 9.51. The van der Waals surface area contributed by atoms with Gasteiger partial charge in [-0.1, -0.05) is 11.6 Å². The summed E-state index contributed by atoms with van der Waals surface area (Å²) in [6.07, 6.45) is 0. The standard InChI is InChI=1S/C15H17ClN2OS/c1-9-8-11(17-3)4-5-12(9)15(19)18-10(2)13-6-7-14(16)20-13/h4-8,10,17H,1-3H3,(H,18,19). The van der Waals surface area contributed by atoms with Gasteiger partial charge in [-0.05, 0) is 49.7 Å². The molecule has 0 radical (unpaired) electrons. The van der Waals surface area contributed by atoms with Crippen LogP contribution in [0.15, 0.2) is 30.3 Å². The third kappa shape index (κ3) is 3.32. The van der Waals surface area contributed by atoms with Gasteiger partial charge in [-0.15, -0.1) is 11.3 Å². The van der Waals surface area contributed by atoms with E-state index in [9.17, 15) is 4.79 Å². The van der Waals surface area contributed by atoms with Crippen LogP contribution in [0.5, 0.6) is 0 Å². The van der Waals surface area contributed by atoms with Gasteiger partial charge in [0.15, 0.2) is 0 Å². The molecule has 0 bridgehead atoms. The van der Waals surface area contributed by atoms with Crippen molar-refractivity contribution in [1.82, 2.24) is 5.32 Å². The Hall–Kier alpha value is -1.52. The Bertz CT molecular complexity index is 624. The predicted octanol–water partition coefficient (Wildman–Crippen LogP) is 4.24. The summed E-state index contributed by atoms with van der Waals surface area (Å²) in [4.78, 5) is 13.3. The van der Waals surface area contributed by atoms with Crippen molar-refractivity contribution in [2.45, 2.75) is 19.9 Å². The summed E-state index contributed by atoms with van der Waals surface area (Å²) in [5.41, 5.74) is 2.64. The van der Waals surface area contributed by atoms with Gasteiger partial charge in [0.2, 0.25) is 0 Å². The minimum absolute atomic E-state index is 0.0524. The van der Waals surface area contributed by atoms with Gasteiger partial charge < -0.3 is 10.6 Å². The number of hydrogen-bond donors (Lipinski definition) is 2. The minimum atomic E-state index is -0.0674. The van der Waals surface area contributed by atoms with Crippen LogP contribution < -0.4 is 10.6 Å². The van der Waals surface area contributed by atoms with Crippen LogP contribution in [0.4, 0.5) is 5.69 Å². The number of nitrogens with one attached hydrogen (secondary N) is 2. The number of thiophene rings is 1. The zero-order chi connectivity index (χ0) is 14.7. The van der Waals surface area contributed by atoms with Crippen molar-refractivity contribution in [3.8, 4) is 0 Å². The van der Waals surface area contributed by atoms with E-state index in [1.54, 1.807) is 0 Å². The highest BCUT2D eigenvalue weighted by molar-refractivity contribution is 7.16. The maximum absolute atomic E-state index is 12.3. The van der Waals surface area contributed by atoms with Crippen molar-refractivity contribution in [3.05, 3.63) is 50.7 Å². The van der Waals surface area contributed by atoms with Gasteiger partial charge >= 0.3 is 0 Å². The van der Waals surface area contributed by atoms with E-state index < -0.39 is 0 Å². The molecule has 0 aliphatic heterocycles. The number of anilines is 1. The molecule has 20 heavy (non-hydrogen) atoms. The van der Waals surface area contributed by atoms with Gasteiger partial charge in [0.1, 0.15) is 0 Å². The smallest absolute Gasteiger partial charge is 0.252 e. The number of hydrogen-bond acceptors (Lipinski definition) is 3. The van der Waals surface area contributed by atoms with Crippen LogP contribution in [-0.4, -0.2) is 13.0 Å². The van der Waals surface area contributed by atoms with Crippen LogP contribution >= 0.6 is 22.9 Å². The molecule has 0 spiro atoms. The largest absolute Gasteiger partial charge is 0.388 e. The summed E-state index contributed by atoms with van der Waals surface area (Å²) >= 11 is 7.40. The SMILES string of the molecule is CNc1ccc(C(=O)NC(C)c2ccc(Cl)s2)c(C)c1. The molecule has 5 heteroatoms. The fourth-order valence-corrected chi connectivity index (χ4v) is 3.04. The molecule has 1 aromatic carbocycles. The molecule has 2 N–H and O–H groups in total. The molecule has 0 aliphatic rings. The van der Waals surface area contributed by atoms with E-state index in [2.05, 4.69) is 10.6 Å². The maximum Gasteiger partial charge on any atom is 0.252 e. The lowest BCUT2D eigenvalue weighted by Gasteiger charge is -2.14. The maximum atomic E-state index is 12.3. The van der Waals surface area contributed by atoms with Gasteiger partial charge in [0.25, 0.3) is 5.91 Å². The summed E-state index contributed by atoms with van der Waals surface area (Å²) in [5.74, 6) is -0.0674. The summed E-state index contributed by atoms with van der Waals surface area (Å²) in [7, 11) is 1.86. The average Bonchev–Trinajstić information content (AvgIpc) is 2.85. The molecule has 1 atom stereocenters. The van der Waals surface area contributed by atoms with Crippen molar-refractivity contribution in [2.75, 3.05) is 12.4 Å². The first-order valence-electron chi connectivity index (χ1n) is 6.35. The van der Waals surface area contributed by atoms with Crippen LogP contribution in [0.2, 0.25) is 4.34 Å². The zero-order valence-corrected chi connectivity index (χ0v) is 13.2. The second kappa shape index (κ2) is 6.29. The normalized spacial score (nSPS) is 12.0. The lowest BCUT2D eigenvalue weighted by atomic mass is 10.1. The summed E-state index contributed by atoms with van der Waals surface area (Å²) in [6, 6.07) is 9.43. The van der Waals surface area contributed by atoms with E-state index >= 15 is 0 Å². The predicted molar refractivity (Wildman–Crippen MR) is 85.9 cm³/mol. The number of halogens is 1. The van der Waals surface area contributed by atoms with Crippen molar-refractivity contribution in [3.63, 3.8) is 0 Å². The van der Waals surface area contributed by atoms with Gasteiger partial charge in [-0.2, -0.15) is 0 Å². The van der Waals surface area contributed by atoms with E-state index in [1.165, 1.54) is 11.3 Å². The van der Waals surface area contributed by atoms with Crippen LogP contribution in [0.1, 0.15) is 33.8 Å². The van der Waals surface area contributed by atoms with Crippen LogP contribution in [0, 0.1) is 6.92 Å². The summed E-state index contributed by atoms with van der Waals surface area (Å²) in [5, 5.41) is 6.06. The number of amides is 1. The number of aryl methyl sites for hydroxylation is 1. The van der Waals surface area contributed by atoms with Crippen LogP contribution in [0.25, 0.3) is 0 Å². The number of rotatable bonds is 4. The van der Waals surface area contributed by atoms with Crippen molar-refractivity contribution >= 4 is 34.5 Å². The molecule has 1 heterocycles. The van der Waals surface area contributed by atoms with Gasteiger partial charge in [-0.3, -0.25) is 4.79 Å². The fourth-order valence-electron chi connectivity index (χ4n) is 1.98. The number of carbonyl (C=O) groups excluding carboxylic acids is 1. The average molecular weight is 309 g/mol. The number of carbonyl (C=O) groups is 1. The van der Waals surface area contributed by atoms with E-state index in [0.29, 0.717) is 5.56 Å². The monoisotopic (exact) mass is 308 g/mol. The molecule has 1 unspecified atom stereocenters. The number of benzene rings is 1. The second-order valence-corrected chi connectivity index (χ2v) is 6.36. The Balaban J connectivity index is 2.12. The Morgan fingerprint density at radius 2 is 2.05 bits per heavy atom. The highest BCUT2D eigenvalue weighted by atomic mass is 35.5. The highest BCUT2D eigenvalue weighted by Crippen LogP contribution is 2.27. The van der Waals surface area contributed by atoms with E-state index in [-0.39, 0.29) is 11.9 Å². The first-order valence-corrected chi connectivity index (χ1v) is 7.55. The topological polar surface area (TPSA) is 41.1 Å². The summed E-state index contributed by atoms with van der Waals surface area (Å²) in [6.45, 7) is 3.89. The Labute approximate surface area is 128 Å². The van der Waals surface area contributed by atoms with Gasteiger partial charge in [0, 0.05) is 23.2 Å². The van der Waals surface area contributed by atoms with Crippen molar-refractivity contribution in [1.29, 1.82) is 0 Å². The quantitative estimate of drug-likeness (QED) is 0.887. The third-order valence-electron chi connectivity index (χ3n) is 3.13. The molecule has 0 saturated carbocycles.